The van der Waals surface area contributed by atoms with Crippen LogP contribution in [0.25, 0.3) is 0 Å². The molecule has 0 heterocycles. The summed E-state index contributed by atoms with van der Waals surface area (Å²) in [6, 6.07) is 32.7. The second-order valence-electron chi connectivity index (χ2n) is 9.10. The van der Waals surface area contributed by atoms with Crippen LogP contribution in [0.15, 0.2) is 109 Å². The van der Waals surface area contributed by atoms with Crippen molar-refractivity contribution < 1.29 is 23.8 Å². The first-order valence-corrected chi connectivity index (χ1v) is 13.1. The van der Waals surface area contributed by atoms with Gasteiger partial charge in [-0.25, -0.2) is 0 Å². The van der Waals surface area contributed by atoms with Gasteiger partial charge in [-0.15, -0.1) is 0 Å². The van der Waals surface area contributed by atoms with Crippen LogP contribution in [0.1, 0.15) is 34.8 Å². The molecule has 1 N–H and O–H groups in total. The van der Waals surface area contributed by atoms with Crippen molar-refractivity contribution in [1.29, 1.82) is 0 Å². The second-order valence-corrected chi connectivity index (χ2v) is 9.10. The van der Waals surface area contributed by atoms with Gasteiger partial charge in [-0.1, -0.05) is 67.6 Å². The fourth-order valence-electron chi connectivity index (χ4n) is 3.87. The molecule has 0 saturated carbocycles. The summed E-state index contributed by atoms with van der Waals surface area (Å²) in [5.41, 5.74) is 2.26. The van der Waals surface area contributed by atoms with E-state index in [1.165, 1.54) is 0 Å². The lowest BCUT2D eigenvalue weighted by molar-refractivity contribution is -0.121. The number of hydrogen-bond acceptors (Lipinski definition) is 5. The van der Waals surface area contributed by atoms with Gasteiger partial charge in [0.2, 0.25) is 0 Å². The Morgan fingerprint density at radius 1 is 0.718 bits per heavy atom. The molecule has 1 amide bonds. The monoisotopic (exact) mass is 523 g/mol. The van der Waals surface area contributed by atoms with Crippen LogP contribution in [0.5, 0.6) is 17.2 Å². The Kier molecular flexibility index (Phi) is 10.3. The smallest absolute Gasteiger partial charge is 0.251 e. The summed E-state index contributed by atoms with van der Waals surface area (Å²) < 4.78 is 17.3. The molecule has 4 aromatic carbocycles. The fourth-order valence-corrected chi connectivity index (χ4v) is 3.87. The lowest BCUT2D eigenvalue weighted by Crippen LogP contribution is -2.44. The van der Waals surface area contributed by atoms with Gasteiger partial charge in [-0.3, -0.25) is 9.59 Å². The van der Waals surface area contributed by atoms with Gasteiger partial charge in [0, 0.05) is 12.0 Å². The Hall–Kier alpha value is -4.42. The topological polar surface area (TPSA) is 73.9 Å². The summed E-state index contributed by atoms with van der Waals surface area (Å²) in [7, 11) is 0. The van der Waals surface area contributed by atoms with E-state index in [1.807, 2.05) is 91.9 Å². The normalized spacial score (nSPS) is 11.4. The molecule has 0 aliphatic heterocycles. The van der Waals surface area contributed by atoms with Crippen molar-refractivity contribution >= 4 is 11.7 Å². The SMILES string of the molecule is CCCOc1ccc(C(=O)NC(COCc2ccccc2)C(=O)Cc2ccc(Oc3ccccc3)cc2)cc1. The number of ketones is 1. The van der Waals surface area contributed by atoms with E-state index >= 15 is 0 Å². The summed E-state index contributed by atoms with van der Waals surface area (Å²) in [5.74, 6) is 1.64. The number of nitrogens with one attached hydrogen (secondary N) is 1. The van der Waals surface area contributed by atoms with Crippen molar-refractivity contribution in [2.75, 3.05) is 13.2 Å². The van der Waals surface area contributed by atoms with Gasteiger partial charge >= 0.3 is 0 Å². The highest BCUT2D eigenvalue weighted by Gasteiger charge is 2.22. The molecular weight excluding hydrogens is 490 g/mol. The van der Waals surface area contributed by atoms with Crippen molar-refractivity contribution in [3.8, 4) is 17.2 Å². The van der Waals surface area contributed by atoms with E-state index < -0.39 is 6.04 Å². The number of amides is 1. The highest BCUT2D eigenvalue weighted by molar-refractivity contribution is 5.98. The molecule has 0 aliphatic rings. The molecule has 0 aromatic heterocycles. The molecular formula is C33H33NO5. The zero-order chi connectivity index (χ0) is 27.3. The van der Waals surface area contributed by atoms with E-state index in [1.54, 1.807) is 24.3 Å². The van der Waals surface area contributed by atoms with Gasteiger partial charge in [-0.2, -0.15) is 0 Å². The first-order valence-electron chi connectivity index (χ1n) is 13.1. The maximum Gasteiger partial charge on any atom is 0.251 e. The van der Waals surface area contributed by atoms with Crippen LogP contribution in [0.4, 0.5) is 0 Å². The molecule has 6 nitrogen and oxygen atoms in total. The Bertz CT molecular complexity index is 1310. The van der Waals surface area contributed by atoms with Gasteiger partial charge < -0.3 is 19.5 Å². The number of rotatable bonds is 14. The maximum absolute atomic E-state index is 13.3. The second kappa shape index (κ2) is 14.5. The minimum atomic E-state index is -0.808. The average Bonchev–Trinajstić information content (AvgIpc) is 2.98. The maximum atomic E-state index is 13.3. The van der Waals surface area contributed by atoms with Gasteiger partial charge in [0.15, 0.2) is 5.78 Å². The molecule has 0 aliphatic carbocycles. The largest absolute Gasteiger partial charge is 0.494 e. The highest BCUT2D eigenvalue weighted by atomic mass is 16.5. The minimum Gasteiger partial charge on any atom is -0.494 e. The Labute approximate surface area is 229 Å². The quantitative estimate of drug-likeness (QED) is 0.207. The number of carbonyl (C=O) groups is 2. The van der Waals surface area contributed by atoms with Crippen LogP contribution in [0.3, 0.4) is 0 Å². The number of Topliss-reactive ketones (excluding diaryl/α,β-unsaturated/α-hetero) is 1. The Morgan fingerprint density at radius 2 is 1.33 bits per heavy atom. The van der Waals surface area contributed by atoms with Crippen molar-refractivity contribution in [2.24, 2.45) is 0 Å². The zero-order valence-electron chi connectivity index (χ0n) is 22.0. The Balaban J connectivity index is 1.40. The number of para-hydroxylation sites is 1. The molecule has 0 bridgehead atoms. The average molecular weight is 524 g/mol. The van der Waals surface area contributed by atoms with E-state index in [0.717, 1.165) is 23.3 Å². The van der Waals surface area contributed by atoms with Gasteiger partial charge in [-0.05, 0) is 66.1 Å². The highest BCUT2D eigenvalue weighted by Crippen LogP contribution is 2.21. The van der Waals surface area contributed by atoms with Crippen molar-refractivity contribution in [3.05, 3.63) is 126 Å². The van der Waals surface area contributed by atoms with E-state index in [2.05, 4.69) is 5.32 Å². The summed E-state index contributed by atoms with van der Waals surface area (Å²) in [4.78, 5) is 26.3. The van der Waals surface area contributed by atoms with Crippen molar-refractivity contribution in [1.82, 2.24) is 5.32 Å². The molecule has 4 aromatic rings. The summed E-state index contributed by atoms with van der Waals surface area (Å²) >= 11 is 0. The van der Waals surface area contributed by atoms with Crippen LogP contribution >= 0.6 is 0 Å². The van der Waals surface area contributed by atoms with Crippen molar-refractivity contribution in [3.63, 3.8) is 0 Å². The predicted molar refractivity (Wildman–Crippen MR) is 151 cm³/mol. The molecule has 0 saturated heterocycles. The first kappa shape index (κ1) is 27.6. The minimum absolute atomic E-state index is 0.0619. The van der Waals surface area contributed by atoms with Crippen LogP contribution in [-0.4, -0.2) is 30.9 Å². The molecule has 4 rings (SSSR count). The molecule has 1 atom stereocenters. The number of benzene rings is 4. The van der Waals surface area contributed by atoms with E-state index in [-0.39, 0.29) is 24.7 Å². The van der Waals surface area contributed by atoms with E-state index in [9.17, 15) is 9.59 Å². The third-order valence-electron chi connectivity index (χ3n) is 5.96. The Morgan fingerprint density at radius 3 is 2.00 bits per heavy atom. The molecule has 6 heteroatoms. The lowest BCUT2D eigenvalue weighted by Gasteiger charge is -2.18. The predicted octanol–water partition coefficient (Wildman–Crippen LogP) is 6.39. The molecule has 39 heavy (non-hydrogen) atoms. The van der Waals surface area contributed by atoms with Crippen LogP contribution < -0.4 is 14.8 Å². The molecule has 0 radical (unpaired) electrons. The number of hydrogen-bond donors (Lipinski definition) is 1. The first-order chi connectivity index (χ1) is 19.1. The third-order valence-corrected chi connectivity index (χ3v) is 5.96. The van der Waals surface area contributed by atoms with Crippen LogP contribution in [0.2, 0.25) is 0 Å². The van der Waals surface area contributed by atoms with Gasteiger partial charge in [0.25, 0.3) is 5.91 Å². The third kappa shape index (κ3) is 8.83. The molecule has 200 valence electrons. The van der Waals surface area contributed by atoms with E-state index in [0.29, 0.717) is 30.3 Å². The molecule has 0 fully saturated rings. The standard InChI is InChI=1S/C33H33NO5/c1-2-21-38-28-19-15-27(16-20-28)33(36)34-31(24-37-23-26-9-5-3-6-10-26)32(35)22-25-13-17-30(18-14-25)39-29-11-7-4-8-12-29/h3-20,31H,2,21-24H2,1H3,(H,34,36). The number of ether oxygens (including phenoxy) is 3. The summed E-state index contributed by atoms with van der Waals surface area (Å²) in [6.07, 6.45) is 1.05. The summed E-state index contributed by atoms with van der Waals surface area (Å²) in [6.45, 7) is 3.05. The number of carbonyl (C=O) groups excluding carboxylic acids is 2. The lowest BCUT2D eigenvalue weighted by atomic mass is 10.0. The van der Waals surface area contributed by atoms with Crippen molar-refractivity contribution in [2.45, 2.75) is 32.4 Å². The van der Waals surface area contributed by atoms with Crippen LogP contribution in [0, 0.1) is 0 Å². The molecule has 0 spiro atoms. The van der Waals surface area contributed by atoms with Gasteiger partial charge in [0.05, 0.1) is 19.8 Å². The fraction of sp³-hybridized carbons (Fsp3) is 0.212. The van der Waals surface area contributed by atoms with E-state index in [4.69, 9.17) is 14.2 Å². The molecule has 1 unspecified atom stereocenters. The summed E-state index contributed by atoms with van der Waals surface area (Å²) in [5, 5.41) is 2.87. The van der Waals surface area contributed by atoms with Crippen LogP contribution in [-0.2, 0) is 22.6 Å². The van der Waals surface area contributed by atoms with Gasteiger partial charge in [0.1, 0.15) is 23.3 Å². The zero-order valence-corrected chi connectivity index (χ0v) is 22.0.